The minimum absolute atomic E-state index is 0.0522. The molecule has 21 heteroatoms. The van der Waals surface area contributed by atoms with Crippen molar-refractivity contribution in [3.8, 4) is 45.4 Å². The van der Waals surface area contributed by atoms with E-state index in [1.807, 2.05) is 6.07 Å². The zero-order valence-electron chi connectivity index (χ0n) is 44.5. The summed E-state index contributed by atoms with van der Waals surface area (Å²) in [6, 6.07) is 24.7. The molecule has 20 nitrogen and oxygen atoms in total. The van der Waals surface area contributed by atoms with Gasteiger partial charge in [-0.25, -0.2) is 24.2 Å². The van der Waals surface area contributed by atoms with E-state index in [1.54, 1.807) is 54.6 Å². The topological polar surface area (TPSA) is 266 Å². The quantitative estimate of drug-likeness (QED) is 0.0164. The fourth-order valence-corrected chi connectivity index (χ4v) is 9.93. The Morgan fingerprint density at radius 2 is 1.04 bits per heavy atom. The number of esters is 8. The van der Waals surface area contributed by atoms with Crippen LogP contribution in [0, 0.1) is 35.0 Å². The molecular weight excluding hydrogens is 1080 g/mol. The first kappa shape index (κ1) is 60.2. The van der Waals surface area contributed by atoms with E-state index >= 15 is 0 Å². The zero-order valence-corrected chi connectivity index (χ0v) is 45.3. The molecule has 2 saturated carbocycles. The molecule has 2 aliphatic carbocycles. The summed E-state index contributed by atoms with van der Waals surface area (Å²) in [4.78, 5) is 105. The van der Waals surface area contributed by atoms with Gasteiger partial charge in [0.05, 0.1) is 46.6 Å². The summed E-state index contributed by atoms with van der Waals surface area (Å²) in [5.74, 6) is -5.15. The van der Waals surface area contributed by atoms with Gasteiger partial charge >= 0.3 is 47.8 Å². The van der Waals surface area contributed by atoms with E-state index in [0.29, 0.717) is 79.6 Å². The van der Waals surface area contributed by atoms with E-state index in [2.05, 4.69) is 32.4 Å². The number of nitrogens with zero attached hydrogens (tertiary/aromatic N) is 2. The third kappa shape index (κ3) is 17.3. The van der Waals surface area contributed by atoms with Crippen molar-refractivity contribution in [3.63, 3.8) is 0 Å². The smallest absolute Gasteiger partial charge is 0.333 e. The van der Waals surface area contributed by atoms with Crippen LogP contribution >= 0.6 is 11.3 Å². The van der Waals surface area contributed by atoms with Crippen molar-refractivity contribution >= 4 is 69.3 Å². The largest absolute Gasteiger partial charge is 0.490 e. The van der Waals surface area contributed by atoms with Crippen LogP contribution < -0.4 is 23.7 Å². The molecule has 0 bridgehead atoms. The van der Waals surface area contributed by atoms with E-state index in [-0.39, 0.29) is 48.8 Å². The average molecular weight is 1140 g/mol. The molecule has 0 amide bonds. The Labute approximate surface area is 475 Å². The molecule has 7 rings (SSSR count). The number of fused-ring (bicyclic) bond motifs is 1. The molecule has 0 radical (unpaired) electrons. The Hall–Kier alpha value is -9.42. The van der Waals surface area contributed by atoms with Gasteiger partial charge in [-0.05, 0) is 124 Å². The summed E-state index contributed by atoms with van der Waals surface area (Å²) in [7, 11) is 0. The third-order valence-electron chi connectivity index (χ3n) is 13.2. The second-order valence-corrected chi connectivity index (χ2v) is 19.8. The lowest BCUT2D eigenvalue weighted by atomic mass is 9.82. The SMILES string of the molecule is C=CC(=O)OCC(COc1ccc(OC(=O)C2CCC(C(=O)Oc3ccc(CCOC(=O)C4CCC(C(=O)Oc5ccc(OC(COC(=O)C=C)OC(=O)C=C)cc5)CC4)c4sc(-c5ccc(C#N)cc5)nc34)CC2)cc1)OC(=O)C=C. The Morgan fingerprint density at radius 1 is 0.549 bits per heavy atom. The molecule has 0 aliphatic heterocycles. The number of hydrogen-bond donors (Lipinski definition) is 0. The van der Waals surface area contributed by atoms with Crippen molar-refractivity contribution in [2.45, 2.75) is 70.2 Å². The van der Waals surface area contributed by atoms with Crippen LogP contribution in [0.5, 0.6) is 28.7 Å². The second kappa shape index (κ2) is 29.7. The predicted octanol–water partition coefficient (Wildman–Crippen LogP) is 9.02. The zero-order chi connectivity index (χ0) is 58.5. The maximum Gasteiger partial charge on any atom is 0.333 e. The first-order valence-corrected chi connectivity index (χ1v) is 27.0. The molecule has 0 spiro atoms. The van der Waals surface area contributed by atoms with Crippen molar-refractivity contribution in [1.29, 1.82) is 5.26 Å². The van der Waals surface area contributed by atoms with E-state index < -0.39 is 84.5 Å². The van der Waals surface area contributed by atoms with Crippen LogP contribution in [-0.2, 0) is 68.5 Å². The van der Waals surface area contributed by atoms with E-state index in [4.69, 9.17) is 52.4 Å². The lowest BCUT2D eigenvalue weighted by Crippen LogP contribution is -2.30. The van der Waals surface area contributed by atoms with Gasteiger partial charge in [0.2, 0.25) is 0 Å². The van der Waals surface area contributed by atoms with Gasteiger partial charge in [-0.15, -0.1) is 11.3 Å². The van der Waals surface area contributed by atoms with E-state index in [9.17, 15) is 43.6 Å². The molecule has 0 N–H and O–H groups in total. The second-order valence-electron chi connectivity index (χ2n) is 18.8. The minimum Gasteiger partial charge on any atom is -0.490 e. The highest BCUT2D eigenvalue weighted by Crippen LogP contribution is 2.39. The number of carbonyl (C=O) groups excluding carboxylic acids is 8. The Bertz CT molecular complexity index is 3200. The van der Waals surface area contributed by atoms with Gasteiger partial charge in [-0.1, -0.05) is 44.5 Å². The summed E-state index contributed by atoms with van der Waals surface area (Å²) >= 11 is 1.37. The molecule has 2 atom stereocenters. The van der Waals surface area contributed by atoms with Crippen molar-refractivity contribution in [3.05, 3.63) is 147 Å². The average Bonchev–Trinajstić information content (AvgIpc) is 4.01. The first-order chi connectivity index (χ1) is 39.6. The summed E-state index contributed by atoms with van der Waals surface area (Å²) in [5, 5.41) is 10.0. The fraction of sp³-hybridized carbons (Fsp3) is 0.311. The number of carbonyl (C=O) groups is 8. The summed E-state index contributed by atoms with van der Waals surface area (Å²) in [5.41, 5.74) is 2.48. The Kier molecular flexibility index (Phi) is 21.8. The monoisotopic (exact) mass is 1140 g/mol. The van der Waals surface area contributed by atoms with Gasteiger partial charge in [0, 0.05) is 36.3 Å². The Balaban J connectivity index is 0.888. The van der Waals surface area contributed by atoms with Gasteiger partial charge in [-0.3, -0.25) is 19.2 Å². The molecule has 2 aliphatic rings. The van der Waals surface area contributed by atoms with Gasteiger partial charge < -0.3 is 47.4 Å². The molecule has 1 aromatic heterocycles. The molecule has 2 fully saturated rings. The number of thiazole rings is 1. The van der Waals surface area contributed by atoms with Crippen molar-refractivity contribution in [2.75, 3.05) is 26.4 Å². The van der Waals surface area contributed by atoms with Crippen LogP contribution in [0.4, 0.5) is 0 Å². The van der Waals surface area contributed by atoms with Gasteiger partial charge in [-0.2, -0.15) is 5.26 Å². The van der Waals surface area contributed by atoms with Crippen LogP contribution in [0.2, 0.25) is 0 Å². The molecule has 426 valence electrons. The van der Waals surface area contributed by atoms with Crippen molar-refractivity contribution in [1.82, 2.24) is 4.98 Å². The van der Waals surface area contributed by atoms with Gasteiger partial charge in [0.25, 0.3) is 6.29 Å². The molecular formula is C61H58N2O18S. The van der Waals surface area contributed by atoms with Crippen LogP contribution in [0.3, 0.4) is 0 Å². The highest BCUT2D eigenvalue weighted by Gasteiger charge is 2.34. The predicted molar refractivity (Wildman–Crippen MR) is 294 cm³/mol. The van der Waals surface area contributed by atoms with E-state index in [0.717, 1.165) is 40.1 Å². The maximum absolute atomic E-state index is 13.8. The molecule has 1 heterocycles. The molecule has 0 saturated heterocycles. The number of ether oxygens (including phenoxy) is 10. The highest BCUT2D eigenvalue weighted by molar-refractivity contribution is 7.21. The minimum atomic E-state index is -1.28. The fourth-order valence-electron chi connectivity index (χ4n) is 8.80. The molecule has 5 aromatic rings. The van der Waals surface area contributed by atoms with Gasteiger partial charge in [0.15, 0.2) is 18.5 Å². The standard InChI is InChI=1S/C61H58N2O18S/c1-5-50(64)74-35-48(76-52(66)7-3)34-73-44-22-24-46(25-23-44)78-60(70)42-17-19-43(20-18-42)61(71)80-49-30-21-38(56-55(49)63-57(82-56)39-11-9-37(33-62)10-12-39)31-32-72-58(68)40-13-15-41(16-14-40)59(69)79-47-28-26-45(27-29-47)77-54(81-53(67)8-4)36-75-51(65)6-2/h5-12,21-30,40-43,48,54H,1-4,13-20,31-32,34-36H2. The normalized spacial score (nSPS) is 17.1. The molecule has 2 unspecified atom stereocenters. The molecule has 4 aromatic carbocycles. The van der Waals surface area contributed by atoms with Crippen molar-refractivity contribution in [2.24, 2.45) is 23.7 Å². The summed E-state index contributed by atoms with van der Waals surface area (Å²) < 4.78 is 55.4. The van der Waals surface area contributed by atoms with E-state index in [1.165, 1.54) is 35.6 Å². The van der Waals surface area contributed by atoms with Crippen LogP contribution in [0.15, 0.2) is 136 Å². The number of hydrogen-bond acceptors (Lipinski definition) is 21. The van der Waals surface area contributed by atoms with Gasteiger partial charge in [0.1, 0.15) is 46.7 Å². The van der Waals surface area contributed by atoms with Crippen LogP contribution in [-0.4, -0.2) is 91.6 Å². The third-order valence-corrected chi connectivity index (χ3v) is 14.4. The lowest BCUT2D eigenvalue weighted by Gasteiger charge is -2.26. The number of rotatable bonds is 26. The number of aromatic nitrogens is 1. The van der Waals surface area contributed by atoms with Crippen molar-refractivity contribution < 1.29 is 85.7 Å². The van der Waals surface area contributed by atoms with Crippen LogP contribution in [0.25, 0.3) is 20.8 Å². The number of benzene rings is 4. The maximum atomic E-state index is 13.8. The number of nitriles is 1. The summed E-state index contributed by atoms with van der Waals surface area (Å²) in [6.45, 7) is 12.6. The lowest BCUT2D eigenvalue weighted by molar-refractivity contribution is -0.170. The van der Waals surface area contributed by atoms with Crippen LogP contribution in [0.1, 0.15) is 62.5 Å². The Morgan fingerprint density at radius 3 is 1.57 bits per heavy atom. The molecule has 82 heavy (non-hydrogen) atoms. The highest BCUT2D eigenvalue weighted by atomic mass is 32.1. The summed E-state index contributed by atoms with van der Waals surface area (Å²) in [6.07, 6.45) is 5.13. The first-order valence-electron chi connectivity index (χ1n) is 26.1.